The van der Waals surface area contributed by atoms with Crippen molar-refractivity contribution >= 4 is 63.1 Å². The maximum absolute atomic E-state index is 4.56. The predicted molar refractivity (Wildman–Crippen MR) is 285 cm³/mol. The first-order valence-electron chi connectivity index (χ1n) is 22.6. The highest BCUT2D eigenvalue weighted by Gasteiger charge is 2.32. The Balaban J connectivity index is 0.00000205. The molecule has 324 valence electrons. The highest BCUT2D eigenvalue weighted by Crippen LogP contribution is 2.62. The third-order valence-corrected chi connectivity index (χ3v) is 20.6. The molecular weight excluding hydrogens is 749 g/mol. The molecule has 0 aromatic heterocycles. The van der Waals surface area contributed by atoms with Gasteiger partial charge in [0.15, 0.2) is 0 Å². The van der Waals surface area contributed by atoms with Crippen LogP contribution in [0.4, 0.5) is 0 Å². The van der Waals surface area contributed by atoms with Crippen LogP contribution in [0.3, 0.4) is 0 Å². The molecule has 5 aromatic rings. The molecule has 0 fully saturated rings. The summed E-state index contributed by atoms with van der Waals surface area (Å²) in [7, 11) is -2.92. The van der Waals surface area contributed by atoms with Crippen LogP contribution in [-0.2, 0) is 0 Å². The number of rotatable bonds is 6. The van der Waals surface area contributed by atoms with Gasteiger partial charge in [0.2, 0.25) is 0 Å². The highest BCUT2D eigenvalue weighted by molar-refractivity contribution is 8.41. The summed E-state index contributed by atoms with van der Waals surface area (Å²) in [6, 6.07) is 16.6. The first kappa shape index (κ1) is 53.5. The van der Waals surface area contributed by atoms with Crippen LogP contribution in [0.25, 0.3) is 43.1 Å². The van der Waals surface area contributed by atoms with Crippen LogP contribution in [0, 0.1) is 57.0 Å². The molecule has 0 amide bonds. The molecule has 0 N–H and O–H groups in total. The van der Waals surface area contributed by atoms with Crippen molar-refractivity contribution in [2.75, 3.05) is 0 Å². The van der Waals surface area contributed by atoms with Crippen molar-refractivity contribution in [3.63, 3.8) is 0 Å². The van der Waals surface area contributed by atoms with E-state index in [9.17, 15) is 0 Å². The van der Waals surface area contributed by atoms with Crippen molar-refractivity contribution in [1.29, 1.82) is 0 Å². The summed E-state index contributed by atoms with van der Waals surface area (Å²) in [6.45, 7) is 59.3. The van der Waals surface area contributed by atoms with Crippen molar-refractivity contribution in [2.24, 2.45) is 0 Å². The van der Waals surface area contributed by atoms with Gasteiger partial charge in [-0.05, 0) is 185 Å². The maximum Gasteiger partial charge on any atom is 0.0412 e. The summed E-state index contributed by atoms with van der Waals surface area (Å²) in [4.78, 5) is 2.42. The van der Waals surface area contributed by atoms with Gasteiger partial charge in [0.25, 0.3) is 0 Å². The molecule has 0 nitrogen and oxygen atoms in total. The summed E-state index contributed by atoms with van der Waals surface area (Å²) in [5.74, 6) is 7.90. The summed E-state index contributed by atoms with van der Waals surface area (Å²) >= 11 is 0. The third kappa shape index (κ3) is 10.2. The van der Waals surface area contributed by atoms with E-state index in [0.29, 0.717) is 21.0 Å². The Morgan fingerprint density at radius 1 is 0.407 bits per heavy atom. The molecule has 5 aromatic carbocycles. The zero-order valence-corrected chi connectivity index (χ0v) is 43.7. The molecule has 0 heterocycles. The Morgan fingerprint density at radius 2 is 0.678 bits per heavy atom. The molecule has 0 radical (unpaired) electrons. The normalized spacial score (nSPS) is 11.6. The summed E-state index contributed by atoms with van der Waals surface area (Å²) < 4.78 is 0. The monoisotopic (exact) mass is 833 g/mol. The van der Waals surface area contributed by atoms with Crippen molar-refractivity contribution in [2.45, 2.75) is 180 Å². The highest BCUT2D eigenvalue weighted by atomic mass is 32.3. The number of benzene rings is 5. The van der Waals surface area contributed by atoms with E-state index in [1.54, 1.807) is 0 Å². The van der Waals surface area contributed by atoms with Gasteiger partial charge < -0.3 is 0 Å². The Bertz CT molecular complexity index is 2370. The molecule has 0 saturated heterocycles. The number of hydrogen-bond donors (Lipinski definition) is 0. The van der Waals surface area contributed by atoms with Gasteiger partial charge in [0.05, 0.1) is 0 Å². The zero-order chi connectivity index (χ0) is 45.9. The largest absolute Gasteiger partial charge is 0.150 e. The fourth-order valence-electron chi connectivity index (χ4n) is 8.64. The molecule has 5 rings (SSSR count). The minimum Gasteiger partial charge on any atom is -0.150 e. The van der Waals surface area contributed by atoms with Crippen molar-refractivity contribution in [3.8, 4) is 22.3 Å². The lowest BCUT2D eigenvalue weighted by molar-refractivity contribution is 1.02. The van der Waals surface area contributed by atoms with Crippen LogP contribution in [0.2, 0.25) is 0 Å². The Kier molecular flexibility index (Phi) is 20.7. The van der Waals surface area contributed by atoms with Gasteiger partial charge in [-0.3, -0.25) is 0 Å². The molecular formula is C57H84S2. The lowest BCUT2D eigenvalue weighted by Gasteiger charge is -2.43. The maximum atomic E-state index is 4.56. The van der Waals surface area contributed by atoms with Crippen molar-refractivity contribution < 1.29 is 0 Å². The molecule has 2 heteroatoms. The molecule has 0 aliphatic carbocycles. The molecule has 0 aliphatic heterocycles. The topological polar surface area (TPSA) is 0 Å². The SMILES string of the molecule is C=C(C)S(C#Cc1c2cc3c(C)ccc(C)c3cc2c(C#CS(C(=C)C)(C(C)C)C(C)C)c2cc3c(C)c(C)cc(C)c3cc12)(C(C)C)C(C)C.CC.CC.CC.CC. The Labute approximate surface area is 368 Å². The lowest BCUT2D eigenvalue weighted by atomic mass is 9.86. The van der Waals surface area contributed by atoms with Crippen molar-refractivity contribution in [1.82, 2.24) is 0 Å². The van der Waals surface area contributed by atoms with Crippen LogP contribution in [0.15, 0.2) is 65.4 Å². The second kappa shape index (κ2) is 22.9. The van der Waals surface area contributed by atoms with Gasteiger partial charge in [0, 0.05) is 11.1 Å². The van der Waals surface area contributed by atoms with E-state index in [-0.39, 0.29) is 0 Å². The average molecular weight is 833 g/mol. The first-order valence-corrected chi connectivity index (χ1v) is 26.2. The fourth-order valence-corrected chi connectivity index (χ4v) is 15.9. The van der Waals surface area contributed by atoms with E-state index in [1.807, 2.05) is 55.4 Å². The minimum absolute atomic E-state index is 0.398. The lowest BCUT2D eigenvalue weighted by Crippen LogP contribution is -2.20. The van der Waals surface area contributed by atoms with Gasteiger partial charge in [-0.1, -0.05) is 154 Å². The Morgan fingerprint density at radius 3 is 0.949 bits per heavy atom. The molecule has 0 bridgehead atoms. The molecule has 0 unspecified atom stereocenters. The quantitative estimate of drug-likeness (QED) is 0.118. The summed E-state index contributed by atoms with van der Waals surface area (Å²) in [5.41, 5.74) is 8.72. The van der Waals surface area contributed by atoms with E-state index < -0.39 is 20.1 Å². The molecule has 59 heavy (non-hydrogen) atoms. The van der Waals surface area contributed by atoms with Gasteiger partial charge in [-0.15, -0.1) is 20.1 Å². The van der Waals surface area contributed by atoms with Gasteiger partial charge in [-0.25, -0.2) is 0 Å². The molecule has 0 saturated carbocycles. The zero-order valence-electron chi connectivity index (χ0n) is 42.1. The van der Waals surface area contributed by atoms with E-state index in [1.165, 1.54) is 80.7 Å². The van der Waals surface area contributed by atoms with E-state index in [0.717, 1.165) is 11.1 Å². The molecule has 0 aliphatic rings. The van der Waals surface area contributed by atoms with Crippen LogP contribution in [-0.4, -0.2) is 21.0 Å². The molecule has 0 atom stereocenters. The smallest absolute Gasteiger partial charge is 0.0412 e. The van der Waals surface area contributed by atoms with E-state index in [4.69, 9.17) is 0 Å². The second-order valence-electron chi connectivity index (χ2n) is 15.9. The van der Waals surface area contributed by atoms with Crippen LogP contribution >= 0.6 is 20.1 Å². The predicted octanol–water partition coefficient (Wildman–Crippen LogP) is 18.9. The number of allylic oxidation sites excluding steroid dienone is 2. The summed E-state index contributed by atoms with van der Waals surface area (Å²) in [5, 5.41) is 19.5. The first-order chi connectivity index (χ1) is 27.8. The van der Waals surface area contributed by atoms with Crippen LogP contribution in [0.5, 0.6) is 0 Å². The van der Waals surface area contributed by atoms with Crippen molar-refractivity contribution in [3.05, 3.63) is 104 Å². The number of hydrogen-bond acceptors (Lipinski definition) is 0. The average Bonchev–Trinajstić information content (AvgIpc) is 3.20. The second-order valence-corrected chi connectivity index (χ2v) is 24.4. The minimum atomic E-state index is -1.46. The number of aryl methyl sites for hydroxylation is 5. The van der Waals surface area contributed by atoms with E-state index >= 15 is 0 Å². The van der Waals surface area contributed by atoms with Crippen LogP contribution < -0.4 is 0 Å². The van der Waals surface area contributed by atoms with Gasteiger partial charge in [-0.2, -0.15) is 0 Å². The fraction of sp³-hybridized carbons (Fsp3) is 0.474. The number of fused-ring (bicyclic) bond motifs is 4. The van der Waals surface area contributed by atoms with Gasteiger partial charge in [0.1, 0.15) is 0 Å². The third-order valence-electron chi connectivity index (χ3n) is 11.5. The van der Waals surface area contributed by atoms with Crippen LogP contribution in [0.1, 0.15) is 164 Å². The summed E-state index contributed by atoms with van der Waals surface area (Å²) in [6.07, 6.45) is 0. The standard InChI is InChI=1S/C49H60S2.4C2H6/c1-29(2)50(30(3)4,31(5)6)22-20-40-46-25-42-35(13)18-19-36(14)43(42)26-47(46)41(21-23-51(32(7)8,33(9)10)34(11)12)49-28-45-39(17)37(15)24-38(16)44(45)27-48(40)49;4*1-2/h18-19,24-28,30-31,33-34H,1,7H2,2-6,8-17H3;4*1-2H3. The van der Waals surface area contributed by atoms with Gasteiger partial charge >= 0.3 is 0 Å². The molecule has 0 spiro atoms. The Hall–Kier alpha value is -3.56. The van der Waals surface area contributed by atoms with E-state index in [2.05, 4.69) is 182 Å².